The predicted molar refractivity (Wildman–Crippen MR) is 93.7 cm³/mol. The van der Waals surface area contributed by atoms with E-state index in [2.05, 4.69) is 5.32 Å². The van der Waals surface area contributed by atoms with Gasteiger partial charge in [0.15, 0.2) is 23.0 Å². The molecule has 0 radical (unpaired) electrons. The molecule has 3 heterocycles. The first kappa shape index (κ1) is 15.5. The van der Waals surface area contributed by atoms with E-state index in [0.717, 1.165) is 35.6 Å². The summed E-state index contributed by atoms with van der Waals surface area (Å²) < 4.78 is 22.3. The summed E-state index contributed by atoms with van der Waals surface area (Å²) in [5.74, 6) is 2.77. The SMILES string of the molecule is O[C@@H](c1ccc2c(c1)OC=CO2)[C@@H]1NCCc2cc3c(cc21)OCCO3. The van der Waals surface area contributed by atoms with Crippen molar-refractivity contribution in [2.75, 3.05) is 19.8 Å². The van der Waals surface area contributed by atoms with Gasteiger partial charge < -0.3 is 29.4 Å². The van der Waals surface area contributed by atoms with Crippen LogP contribution in [0.4, 0.5) is 0 Å². The lowest BCUT2D eigenvalue weighted by atomic mass is 9.88. The fourth-order valence-corrected chi connectivity index (χ4v) is 3.70. The summed E-state index contributed by atoms with van der Waals surface area (Å²) >= 11 is 0. The molecule has 0 aromatic heterocycles. The standard InChI is InChI=1S/C20H19NO5/c22-20(13-1-2-15-16(10-13)24-6-5-23-15)19-14-11-18-17(25-7-8-26-18)9-12(14)3-4-21-19/h1-2,5-6,9-11,19-22H,3-4,7-8H2/t19-,20+/m1/s1. The predicted octanol–water partition coefficient (Wildman–Crippen LogP) is 2.62. The molecule has 6 nitrogen and oxygen atoms in total. The van der Waals surface area contributed by atoms with Crippen LogP contribution in [-0.2, 0) is 6.42 Å². The second kappa shape index (κ2) is 6.23. The quantitative estimate of drug-likeness (QED) is 0.865. The molecule has 0 spiro atoms. The monoisotopic (exact) mass is 353 g/mol. The lowest BCUT2D eigenvalue weighted by Gasteiger charge is -2.32. The maximum atomic E-state index is 11.0. The molecule has 0 saturated carbocycles. The average molecular weight is 353 g/mol. The fraction of sp³-hybridized carbons (Fsp3) is 0.300. The first-order valence-electron chi connectivity index (χ1n) is 8.76. The Kier molecular flexibility index (Phi) is 3.72. The van der Waals surface area contributed by atoms with Gasteiger partial charge in [0.2, 0.25) is 0 Å². The van der Waals surface area contributed by atoms with Crippen LogP contribution >= 0.6 is 0 Å². The van der Waals surface area contributed by atoms with Crippen LogP contribution in [0.2, 0.25) is 0 Å². The largest absolute Gasteiger partial charge is 0.486 e. The van der Waals surface area contributed by atoms with Crippen LogP contribution in [0.1, 0.15) is 28.8 Å². The van der Waals surface area contributed by atoms with E-state index in [0.29, 0.717) is 24.7 Å². The number of aliphatic hydroxyl groups excluding tert-OH is 1. The van der Waals surface area contributed by atoms with E-state index < -0.39 is 6.10 Å². The van der Waals surface area contributed by atoms with Crippen molar-refractivity contribution in [3.63, 3.8) is 0 Å². The topological polar surface area (TPSA) is 69.2 Å². The Labute approximate surface area is 150 Å². The van der Waals surface area contributed by atoms with E-state index in [-0.39, 0.29) is 6.04 Å². The fourth-order valence-electron chi connectivity index (χ4n) is 3.70. The van der Waals surface area contributed by atoms with E-state index in [9.17, 15) is 5.11 Å². The highest BCUT2D eigenvalue weighted by molar-refractivity contribution is 5.51. The number of fused-ring (bicyclic) bond motifs is 3. The molecule has 5 rings (SSSR count). The van der Waals surface area contributed by atoms with E-state index in [4.69, 9.17) is 18.9 Å². The first-order chi connectivity index (χ1) is 12.8. The summed E-state index contributed by atoms with van der Waals surface area (Å²) in [6.07, 6.45) is 3.14. The minimum Gasteiger partial charge on any atom is -0.486 e. The third-order valence-corrected chi connectivity index (χ3v) is 4.97. The van der Waals surface area contributed by atoms with Crippen LogP contribution in [0.25, 0.3) is 0 Å². The molecule has 3 aliphatic heterocycles. The molecule has 0 aliphatic carbocycles. The molecule has 26 heavy (non-hydrogen) atoms. The first-order valence-corrected chi connectivity index (χ1v) is 8.76. The Balaban J connectivity index is 1.50. The molecule has 0 unspecified atom stereocenters. The van der Waals surface area contributed by atoms with Gasteiger partial charge in [0.05, 0.1) is 12.1 Å². The maximum absolute atomic E-state index is 11.0. The number of benzene rings is 2. The number of ether oxygens (including phenoxy) is 4. The van der Waals surface area contributed by atoms with Gasteiger partial charge in [0, 0.05) is 0 Å². The van der Waals surface area contributed by atoms with Gasteiger partial charge in [-0.1, -0.05) is 6.07 Å². The normalized spacial score (nSPS) is 21.0. The van der Waals surface area contributed by atoms with E-state index in [1.54, 1.807) is 0 Å². The minimum atomic E-state index is -0.726. The van der Waals surface area contributed by atoms with Crippen molar-refractivity contribution in [1.82, 2.24) is 5.32 Å². The van der Waals surface area contributed by atoms with Crippen molar-refractivity contribution in [3.8, 4) is 23.0 Å². The number of hydrogen-bond donors (Lipinski definition) is 2. The lowest BCUT2D eigenvalue weighted by Crippen LogP contribution is -2.34. The second-order valence-electron chi connectivity index (χ2n) is 6.54. The Morgan fingerprint density at radius 1 is 0.923 bits per heavy atom. The van der Waals surface area contributed by atoms with Crippen LogP contribution in [0.15, 0.2) is 42.9 Å². The van der Waals surface area contributed by atoms with Crippen LogP contribution in [0, 0.1) is 0 Å². The average Bonchev–Trinajstić information content (AvgIpc) is 2.71. The van der Waals surface area contributed by atoms with Gasteiger partial charge in [0.1, 0.15) is 25.7 Å². The molecule has 134 valence electrons. The molecule has 2 N–H and O–H groups in total. The molecule has 2 atom stereocenters. The van der Waals surface area contributed by atoms with Crippen molar-refractivity contribution in [2.45, 2.75) is 18.6 Å². The van der Waals surface area contributed by atoms with E-state index >= 15 is 0 Å². The van der Waals surface area contributed by atoms with Crippen LogP contribution in [0.5, 0.6) is 23.0 Å². The van der Waals surface area contributed by atoms with E-state index in [1.807, 2.05) is 30.3 Å². The smallest absolute Gasteiger partial charge is 0.169 e. The van der Waals surface area contributed by atoms with Crippen molar-refractivity contribution >= 4 is 0 Å². The molecule has 0 bridgehead atoms. The molecule has 0 saturated heterocycles. The van der Waals surface area contributed by atoms with Crippen molar-refractivity contribution in [3.05, 3.63) is 59.5 Å². The maximum Gasteiger partial charge on any atom is 0.169 e. The zero-order valence-corrected chi connectivity index (χ0v) is 14.1. The molecular formula is C20H19NO5. The van der Waals surface area contributed by atoms with Crippen LogP contribution in [-0.4, -0.2) is 24.9 Å². The summed E-state index contributed by atoms with van der Waals surface area (Å²) in [4.78, 5) is 0. The molecular weight excluding hydrogens is 334 g/mol. The van der Waals surface area contributed by atoms with Gasteiger partial charge >= 0.3 is 0 Å². The van der Waals surface area contributed by atoms with E-state index in [1.165, 1.54) is 18.1 Å². The Morgan fingerprint density at radius 3 is 2.54 bits per heavy atom. The van der Waals surface area contributed by atoms with Crippen LogP contribution in [0.3, 0.4) is 0 Å². The summed E-state index contributed by atoms with van der Waals surface area (Å²) in [6.45, 7) is 1.91. The zero-order valence-electron chi connectivity index (χ0n) is 14.1. The number of aliphatic hydroxyl groups is 1. The Morgan fingerprint density at radius 2 is 1.69 bits per heavy atom. The second-order valence-corrected chi connectivity index (χ2v) is 6.54. The van der Waals surface area contributed by atoms with Crippen molar-refractivity contribution in [1.29, 1.82) is 0 Å². The Bertz CT molecular complexity index is 879. The van der Waals surface area contributed by atoms with Gasteiger partial charge in [-0.05, 0) is 53.9 Å². The zero-order chi connectivity index (χ0) is 17.5. The molecule has 6 heteroatoms. The van der Waals surface area contributed by atoms with Gasteiger partial charge in [0.25, 0.3) is 0 Å². The highest BCUT2D eigenvalue weighted by Gasteiger charge is 2.30. The summed E-state index contributed by atoms with van der Waals surface area (Å²) in [5, 5.41) is 14.5. The highest BCUT2D eigenvalue weighted by Crippen LogP contribution is 2.42. The van der Waals surface area contributed by atoms with Crippen molar-refractivity contribution < 1.29 is 24.1 Å². The third kappa shape index (κ3) is 2.58. The Hall–Kier alpha value is -2.70. The number of nitrogens with one attached hydrogen (secondary N) is 1. The summed E-state index contributed by atoms with van der Waals surface area (Å²) in [6, 6.07) is 9.29. The molecule has 0 amide bonds. The van der Waals surface area contributed by atoms with Crippen molar-refractivity contribution in [2.24, 2.45) is 0 Å². The molecule has 2 aromatic carbocycles. The molecule has 3 aliphatic rings. The van der Waals surface area contributed by atoms with Gasteiger partial charge in [-0.3, -0.25) is 0 Å². The molecule has 2 aromatic rings. The number of hydrogen-bond acceptors (Lipinski definition) is 6. The lowest BCUT2D eigenvalue weighted by molar-refractivity contribution is 0.124. The van der Waals surface area contributed by atoms with Gasteiger partial charge in [-0.2, -0.15) is 0 Å². The number of rotatable bonds is 2. The summed E-state index contributed by atoms with van der Waals surface area (Å²) in [7, 11) is 0. The molecule has 0 fully saturated rings. The third-order valence-electron chi connectivity index (χ3n) is 4.97. The summed E-state index contributed by atoms with van der Waals surface area (Å²) in [5.41, 5.74) is 2.99. The highest BCUT2D eigenvalue weighted by atomic mass is 16.6. The minimum absolute atomic E-state index is 0.229. The van der Waals surface area contributed by atoms with Gasteiger partial charge in [-0.25, -0.2) is 0 Å². The van der Waals surface area contributed by atoms with Crippen LogP contribution < -0.4 is 24.3 Å². The van der Waals surface area contributed by atoms with Gasteiger partial charge in [-0.15, -0.1) is 0 Å².